The van der Waals surface area contributed by atoms with Gasteiger partial charge in [0.05, 0.1) is 12.1 Å². The molecule has 162 valence electrons. The van der Waals surface area contributed by atoms with Crippen LogP contribution in [-0.4, -0.2) is 42.9 Å². The summed E-state index contributed by atoms with van der Waals surface area (Å²) in [7, 11) is 0. The zero-order valence-corrected chi connectivity index (χ0v) is 17.2. The number of rotatable bonds is 7. The second kappa shape index (κ2) is 9.75. The summed E-state index contributed by atoms with van der Waals surface area (Å²) in [5.41, 5.74) is 1.70. The molecule has 2 aromatic rings. The molecule has 0 radical (unpaired) electrons. The number of hydrogen-bond acceptors (Lipinski definition) is 6. The van der Waals surface area contributed by atoms with E-state index in [1.54, 1.807) is 48.5 Å². The maximum atomic E-state index is 12.3. The smallest absolute Gasteiger partial charge is 0.308 e. The van der Waals surface area contributed by atoms with Crippen molar-refractivity contribution in [2.45, 2.75) is 26.4 Å². The van der Waals surface area contributed by atoms with E-state index in [0.717, 1.165) is 0 Å². The summed E-state index contributed by atoms with van der Waals surface area (Å²) in [6.45, 7) is 2.90. The lowest BCUT2D eigenvalue weighted by atomic mass is 10.2. The SMILES string of the molecule is CC(=O)Nc1ccc(NC(=O)[C@H](C)OC(=O)CCN2C(=O)COc3ccccc32)cc1. The molecular formula is C22H23N3O6. The van der Waals surface area contributed by atoms with Gasteiger partial charge < -0.3 is 25.0 Å². The average Bonchev–Trinajstić information content (AvgIpc) is 2.74. The summed E-state index contributed by atoms with van der Waals surface area (Å²) >= 11 is 0. The number of nitrogens with zero attached hydrogens (tertiary/aromatic N) is 1. The van der Waals surface area contributed by atoms with Gasteiger partial charge in [0.15, 0.2) is 12.7 Å². The summed E-state index contributed by atoms with van der Waals surface area (Å²) in [6.07, 6.45) is -1.08. The van der Waals surface area contributed by atoms with Crippen LogP contribution in [0.4, 0.5) is 17.1 Å². The van der Waals surface area contributed by atoms with Gasteiger partial charge in [0, 0.05) is 24.8 Å². The maximum Gasteiger partial charge on any atom is 0.308 e. The predicted molar refractivity (Wildman–Crippen MR) is 114 cm³/mol. The number of amides is 3. The molecule has 1 aliphatic heterocycles. The van der Waals surface area contributed by atoms with Gasteiger partial charge in [-0.1, -0.05) is 12.1 Å². The zero-order chi connectivity index (χ0) is 22.4. The van der Waals surface area contributed by atoms with Gasteiger partial charge in [-0.15, -0.1) is 0 Å². The minimum atomic E-state index is -1.02. The number of para-hydroxylation sites is 2. The van der Waals surface area contributed by atoms with Gasteiger partial charge in [-0.3, -0.25) is 19.2 Å². The van der Waals surface area contributed by atoms with Crippen molar-refractivity contribution in [3.8, 4) is 5.75 Å². The minimum Gasteiger partial charge on any atom is -0.482 e. The Hall–Kier alpha value is -3.88. The van der Waals surface area contributed by atoms with Crippen LogP contribution in [0, 0.1) is 0 Å². The molecule has 1 atom stereocenters. The van der Waals surface area contributed by atoms with Crippen molar-refractivity contribution in [1.82, 2.24) is 0 Å². The highest BCUT2D eigenvalue weighted by Crippen LogP contribution is 2.31. The molecule has 31 heavy (non-hydrogen) atoms. The Labute approximate surface area is 179 Å². The maximum absolute atomic E-state index is 12.3. The van der Waals surface area contributed by atoms with E-state index >= 15 is 0 Å². The molecule has 0 fully saturated rings. The number of esters is 1. The van der Waals surface area contributed by atoms with Gasteiger partial charge in [-0.25, -0.2) is 0 Å². The summed E-state index contributed by atoms with van der Waals surface area (Å²) in [5.74, 6) is -0.957. The second-order valence-electron chi connectivity index (χ2n) is 6.93. The Morgan fingerprint density at radius 1 is 1.06 bits per heavy atom. The molecule has 0 aromatic heterocycles. The Kier molecular flexibility index (Phi) is 6.86. The van der Waals surface area contributed by atoms with Crippen molar-refractivity contribution in [2.24, 2.45) is 0 Å². The molecule has 9 nitrogen and oxygen atoms in total. The quantitative estimate of drug-likeness (QED) is 0.658. The van der Waals surface area contributed by atoms with E-state index < -0.39 is 18.0 Å². The highest BCUT2D eigenvalue weighted by atomic mass is 16.5. The van der Waals surface area contributed by atoms with Crippen LogP contribution in [0.3, 0.4) is 0 Å². The molecule has 2 N–H and O–H groups in total. The largest absolute Gasteiger partial charge is 0.482 e. The van der Waals surface area contributed by atoms with Gasteiger partial charge in [0.1, 0.15) is 5.75 Å². The van der Waals surface area contributed by atoms with Crippen molar-refractivity contribution in [3.05, 3.63) is 48.5 Å². The first-order valence-electron chi connectivity index (χ1n) is 9.73. The lowest BCUT2D eigenvalue weighted by Gasteiger charge is -2.29. The summed E-state index contributed by atoms with van der Waals surface area (Å²) in [4.78, 5) is 49.2. The third-order valence-electron chi connectivity index (χ3n) is 4.50. The molecular weight excluding hydrogens is 402 g/mol. The summed E-state index contributed by atoms with van der Waals surface area (Å²) in [5, 5.41) is 5.27. The minimum absolute atomic E-state index is 0.0664. The third-order valence-corrected chi connectivity index (χ3v) is 4.50. The van der Waals surface area contributed by atoms with Crippen molar-refractivity contribution >= 4 is 40.8 Å². The number of carbonyl (C=O) groups is 4. The third kappa shape index (κ3) is 5.81. The van der Waals surface area contributed by atoms with Gasteiger partial charge in [-0.05, 0) is 43.3 Å². The Morgan fingerprint density at radius 2 is 1.71 bits per heavy atom. The molecule has 9 heteroatoms. The molecule has 2 aromatic carbocycles. The van der Waals surface area contributed by atoms with Crippen molar-refractivity contribution in [1.29, 1.82) is 0 Å². The number of nitrogens with one attached hydrogen (secondary N) is 2. The number of benzene rings is 2. The lowest BCUT2D eigenvalue weighted by molar-refractivity contribution is -0.153. The molecule has 1 heterocycles. The topological polar surface area (TPSA) is 114 Å². The number of ether oxygens (including phenoxy) is 2. The van der Waals surface area contributed by atoms with E-state index in [1.165, 1.54) is 18.7 Å². The van der Waals surface area contributed by atoms with E-state index in [0.29, 0.717) is 22.8 Å². The van der Waals surface area contributed by atoms with E-state index in [-0.39, 0.29) is 31.4 Å². The first kappa shape index (κ1) is 21.8. The Morgan fingerprint density at radius 3 is 2.39 bits per heavy atom. The van der Waals surface area contributed by atoms with E-state index in [4.69, 9.17) is 9.47 Å². The van der Waals surface area contributed by atoms with E-state index in [1.807, 2.05) is 0 Å². The van der Waals surface area contributed by atoms with Crippen molar-refractivity contribution < 1.29 is 28.7 Å². The van der Waals surface area contributed by atoms with Crippen LogP contribution in [0.2, 0.25) is 0 Å². The summed E-state index contributed by atoms with van der Waals surface area (Å²) in [6, 6.07) is 13.6. The van der Waals surface area contributed by atoms with Gasteiger partial charge in [0.25, 0.3) is 11.8 Å². The average molecular weight is 425 g/mol. The number of fused-ring (bicyclic) bond motifs is 1. The number of carbonyl (C=O) groups excluding carboxylic acids is 4. The van der Waals surface area contributed by atoms with Gasteiger partial charge >= 0.3 is 5.97 Å². The molecule has 0 spiro atoms. The van der Waals surface area contributed by atoms with Crippen LogP contribution in [0.15, 0.2) is 48.5 Å². The first-order chi connectivity index (χ1) is 14.8. The highest BCUT2D eigenvalue weighted by molar-refractivity contribution is 5.98. The number of anilines is 3. The molecule has 0 bridgehead atoms. The van der Waals surface area contributed by atoms with Crippen LogP contribution in [0.25, 0.3) is 0 Å². The number of hydrogen-bond donors (Lipinski definition) is 2. The molecule has 0 saturated carbocycles. The van der Waals surface area contributed by atoms with Crippen molar-refractivity contribution in [3.63, 3.8) is 0 Å². The van der Waals surface area contributed by atoms with Crippen LogP contribution in [0.5, 0.6) is 5.75 Å². The first-order valence-corrected chi connectivity index (χ1v) is 9.73. The van der Waals surface area contributed by atoms with E-state index in [9.17, 15) is 19.2 Å². The zero-order valence-electron chi connectivity index (χ0n) is 17.2. The molecule has 3 rings (SSSR count). The van der Waals surface area contributed by atoms with Crippen LogP contribution < -0.4 is 20.3 Å². The fourth-order valence-electron chi connectivity index (χ4n) is 3.00. The molecule has 0 aliphatic carbocycles. The van der Waals surface area contributed by atoms with Gasteiger partial charge in [-0.2, -0.15) is 0 Å². The monoisotopic (exact) mass is 425 g/mol. The van der Waals surface area contributed by atoms with Gasteiger partial charge in [0.2, 0.25) is 5.91 Å². The highest BCUT2D eigenvalue weighted by Gasteiger charge is 2.26. The molecule has 0 unspecified atom stereocenters. The standard InChI is InChI=1S/C22H23N3O6/c1-14(22(29)24-17-9-7-16(8-10-17)23-15(2)26)31-21(28)11-12-25-18-5-3-4-6-19(18)30-13-20(25)27/h3-10,14H,11-13H2,1-2H3,(H,23,26)(H,24,29)/t14-/m0/s1. The van der Waals surface area contributed by atoms with Crippen LogP contribution in [0.1, 0.15) is 20.3 Å². The fraction of sp³-hybridized carbons (Fsp3) is 0.273. The van der Waals surface area contributed by atoms with Crippen LogP contribution >= 0.6 is 0 Å². The summed E-state index contributed by atoms with van der Waals surface area (Å²) < 4.78 is 10.6. The second-order valence-corrected chi connectivity index (χ2v) is 6.93. The molecule has 0 saturated heterocycles. The fourth-order valence-corrected chi connectivity index (χ4v) is 3.00. The molecule has 3 amide bonds. The molecule has 1 aliphatic rings. The predicted octanol–water partition coefficient (Wildman–Crippen LogP) is 2.33. The van der Waals surface area contributed by atoms with Crippen molar-refractivity contribution in [2.75, 3.05) is 28.7 Å². The lowest BCUT2D eigenvalue weighted by Crippen LogP contribution is -2.40. The Balaban J connectivity index is 1.49. The van der Waals surface area contributed by atoms with E-state index in [2.05, 4.69) is 10.6 Å². The van der Waals surface area contributed by atoms with Crippen LogP contribution in [-0.2, 0) is 23.9 Å². The Bertz CT molecular complexity index is 989. The normalized spacial score (nSPS) is 13.5.